The van der Waals surface area contributed by atoms with E-state index >= 15 is 0 Å². The number of aryl methyl sites for hydroxylation is 1. The number of pyridine rings is 1. The van der Waals surface area contributed by atoms with Crippen molar-refractivity contribution < 1.29 is 14.4 Å². The Balaban J connectivity index is 1.27. The van der Waals surface area contributed by atoms with Crippen LogP contribution in [-0.2, 0) is 0 Å². The van der Waals surface area contributed by atoms with E-state index in [0.717, 1.165) is 49.8 Å². The standard InChI is InChI=1S/C21H23ClN4O2/c1-16-3-2-4-20-23-19(15-26(16)20)21(27)25-11-9-24(10-12-25)13-14-28-18-7-5-17(22)6-8-18/h2-8,15H,9-14H2,1H3/p+1. The van der Waals surface area contributed by atoms with Crippen LogP contribution in [0.4, 0.5) is 0 Å². The third-order valence-corrected chi connectivity index (χ3v) is 5.46. The van der Waals surface area contributed by atoms with Crippen molar-refractivity contribution in [1.29, 1.82) is 0 Å². The number of carbonyl (C=O) groups excluding carboxylic acids is 1. The van der Waals surface area contributed by atoms with Crippen molar-refractivity contribution in [3.05, 3.63) is 65.1 Å². The molecule has 4 rings (SSSR count). The number of nitrogens with one attached hydrogen (secondary N) is 1. The Kier molecular flexibility index (Phi) is 5.50. The first-order valence-corrected chi connectivity index (χ1v) is 9.94. The molecule has 0 radical (unpaired) electrons. The number of quaternary nitrogens is 1. The Morgan fingerprint density at radius 2 is 1.93 bits per heavy atom. The van der Waals surface area contributed by atoms with Crippen LogP contribution in [0, 0.1) is 6.92 Å². The van der Waals surface area contributed by atoms with E-state index in [9.17, 15) is 4.79 Å². The molecule has 1 saturated heterocycles. The van der Waals surface area contributed by atoms with Crippen molar-refractivity contribution in [2.75, 3.05) is 39.3 Å². The lowest BCUT2D eigenvalue weighted by atomic mass is 10.3. The predicted octanol–water partition coefficient (Wildman–Crippen LogP) is 1.72. The number of rotatable bonds is 5. The van der Waals surface area contributed by atoms with Crippen LogP contribution >= 0.6 is 11.6 Å². The molecule has 28 heavy (non-hydrogen) atoms. The average Bonchev–Trinajstić information content (AvgIpc) is 3.15. The van der Waals surface area contributed by atoms with E-state index in [1.54, 1.807) is 0 Å². The Bertz CT molecular complexity index is 962. The van der Waals surface area contributed by atoms with Gasteiger partial charge in [-0.3, -0.25) is 4.79 Å². The number of hydrogen-bond donors (Lipinski definition) is 1. The maximum atomic E-state index is 12.8. The lowest BCUT2D eigenvalue weighted by molar-refractivity contribution is -0.903. The highest BCUT2D eigenvalue weighted by Crippen LogP contribution is 2.15. The van der Waals surface area contributed by atoms with E-state index < -0.39 is 0 Å². The Morgan fingerprint density at radius 3 is 2.64 bits per heavy atom. The van der Waals surface area contributed by atoms with Gasteiger partial charge in [0.1, 0.15) is 30.2 Å². The monoisotopic (exact) mass is 399 g/mol. The van der Waals surface area contributed by atoms with Crippen LogP contribution in [0.2, 0.25) is 5.02 Å². The summed E-state index contributed by atoms with van der Waals surface area (Å²) >= 11 is 5.88. The highest BCUT2D eigenvalue weighted by molar-refractivity contribution is 6.30. The van der Waals surface area contributed by atoms with E-state index in [0.29, 0.717) is 17.3 Å². The molecule has 0 bridgehead atoms. The summed E-state index contributed by atoms with van der Waals surface area (Å²) in [6, 6.07) is 13.3. The summed E-state index contributed by atoms with van der Waals surface area (Å²) in [5.74, 6) is 0.847. The van der Waals surface area contributed by atoms with E-state index in [2.05, 4.69) is 4.98 Å². The summed E-state index contributed by atoms with van der Waals surface area (Å²) in [5, 5.41) is 0.708. The predicted molar refractivity (Wildman–Crippen MR) is 108 cm³/mol. The molecule has 3 aromatic rings. The van der Waals surface area contributed by atoms with Gasteiger partial charge in [-0.2, -0.15) is 0 Å². The third kappa shape index (κ3) is 4.13. The first-order chi connectivity index (χ1) is 13.6. The second kappa shape index (κ2) is 8.20. The first-order valence-electron chi connectivity index (χ1n) is 9.56. The van der Waals surface area contributed by atoms with E-state index in [1.807, 2.05) is 64.9 Å². The summed E-state index contributed by atoms with van der Waals surface area (Å²) < 4.78 is 7.74. The van der Waals surface area contributed by atoms with Gasteiger partial charge < -0.3 is 18.9 Å². The summed E-state index contributed by atoms with van der Waals surface area (Å²) in [7, 11) is 0. The molecule has 1 fully saturated rings. The molecule has 0 saturated carbocycles. The van der Waals surface area contributed by atoms with Crippen LogP contribution in [0.5, 0.6) is 5.75 Å². The van der Waals surface area contributed by atoms with Crippen molar-refractivity contribution in [3.8, 4) is 5.75 Å². The second-order valence-electron chi connectivity index (χ2n) is 7.12. The number of imidazole rings is 1. The van der Waals surface area contributed by atoms with Crippen molar-refractivity contribution >= 4 is 23.2 Å². The minimum absolute atomic E-state index is 0.0135. The average molecular weight is 400 g/mol. The molecule has 0 aliphatic carbocycles. The number of halogens is 1. The molecule has 6 nitrogen and oxygen atoms in total. The van der Waals surface area contributed by atoms with Gasteiger partial charge in [0.05, 0.1) is 26.2 Å². The molecule has 1 aromatic carbocycles. The van der Waals surface area contributed by atoms with Gasteiger partial charge in [0.25, 0.3) is 5.91 Å². The molecule has 0 unspecified atom stereocenters. The molecule has 1 amide bonds. The number of piperazine rings is 1. The van der Waals surface area contributed by atoms with Crippen molar-refractivity contribution in [1.82, 2.24) is 14.3 Å². The number of benzene rings is 1. The normalized spacial score (nSPS) is 15.1. The Hall–Kier alpha value is -2.57. The van der Waals surface area contributed by atoms with Crippen molar-refractivity contribution in [2.24, 2.45) is 0 Å². The summed E-state index contributed by atoms with van der Waals surface area (Å²) in [4.78, 5) is 20.7. The minimum Gasteiger partial charge on any atom is -0.488 e. The van der Waals surface area contributed by atoms with Gasteiger partial charge in [-0.15, -0.1) is 0 Å². The van der Waals surface area contributed by atoms with Gasteiger partial charge >= 0.3 is 0 Å². The number of hydrogen-bond acceptors (Lipinski definition) is 3. The fourth-order valence-corrected chi connectivity index (χ4v) is 3.66. The molecule has 1 aliphatic rings. The van der Waals surface area contributed by atoms with Crippen LogP contribution in [0.1, 0.15) is 16.2 Å². The largest absolute Gasteiger partial charge is 0.488 e. The fourth-order valence-electron chi connectivity index (χ4n) is 3.53. The molecule has 1 aliphatic heterocycles. The number of nitrogens with zero attached hydrogens (tertiary/aromatic N) is 3. The van der Waals surface area contributed by atoms with Crippen LogP contribution in [0.3, 0.4) is 0 Å². The Labute approximate surface area is 169 Å². The van der Waals surface area contributed by atoms with Gasteiger partial charge in [-0.05, 0) is 43.3 Å². The zero-order chi connectivity index (χ0) is 19.5. The zero-order valence-corrected chi connectivity index (χ0v) is 16.7. The Morgan fingerprint density at radius 1 is 1.18 bits per heavy atom. The molecule has 3 heterocycles. The molecule has 146 valence electrons. The lowest BCUT2D eigenvalue weighted by Crippen LogP contribution is -3.15. The quantitative estimate of drug-likeness (QED) is 0.710. The SMILES string of the molecule is Cc1cccc2nc(C(=O)N3CC[NH+](CCOc4ccc(Cl)cc4)CC3)cn12. The summed E-state index contributed by atoms with van der Waals surface area (Å²) in [5.41, 5.74) is 2.40. The first kappa shape index (κ1) is 18.8. The van der Waals surface area contributed by atoms with Crippen LogP contribution < -0.4 is 9.64 Å². The van der Waals surface area contributed by atoms with E-state index in [-0.39, 0.29) is 5.91 Å². The number of carbonyl (C=O) groups is 1. The summed E-state index contributed by atoms with van der Waals surface area (Å²) in [6.07, 6.45) is 1.84. The number of fused-ring (bicyclic) bond motifs is 1. The molecule has 1 N–H and O–H groups in total. The molecule has 0 spiro atoms. The van der Waals surface area contributed by atoms with Crippen molar-refractivity contribution in [2.45, 2.75) is 6.92 Å². The second-order valence-corrected chi connectivity index (χ2v) is 7.55. The number of aromatic nitrogens is 2. The van der Waals surface area contributed by atoms with Crippen LogP contribution in [0.15, 0.2) is 48.7 Å². The number of amides is 1. The van der Waals surface area contributed by atoms with Gasteiger partial charge in [-0.1, -0.05) is 17.7 Å². The maximum Gasteiger partial charge on any atom is 0.274 e. The molecule has 7 heteroatoms. The summed E-state index contributed by atoms with van der Waals surface area (Å²) in [6.45, 7) is 6.89. The lowest BCUT2D eigenvalue weighted by Gasteiger charge is -2.31. The topological polar surface area (TPSA) is 51.3 Å². The highest BCUT2D eigenvalue weighted by Gasteiger charge is 2.26. The van der Waals surface area contributed by atoms with Gasteiger partial charge in [0, 0.05) is 16.9 Å². The third-order valence-electron chi connectivity index (χ3n) is 5.21. The van der Waals surface area contributed by atoms with Gasteiger partial charge in [0.15, 0.2) is 0 Å². The zero-order valence-electron chi connectivity index (χ0n) is 15.9. The van der Waals surface area contributed by atoms with E-state index in [4.69, 9.17) is 16.3 Å². The van der Waals surface area contributed by atoms with Crippen molar-refractivity contribution in [3.63, 3.8) is 0 Å². The van der Waals surface area contributed by atoms with Crippen LogP contribution in [0.25, 0.3) is 5.65 Å². The molecule has 0 atom stereocenters. The molecular formula is C21H24ClN4O2+. The van der Waals surface area contributed by atoms with Gasteiger partial charge in [-0.25, -0.2) is 4.98 Å². The van der Waals surface area contributed by atoms with Gasteiger partial charge in [0.2, 0.25) is 0 Å². The maximum absolute atomic E-state index is 12.8. The molecule has 2 aromatic heterocycles. The minimum atomic E-state index is 0.0135. The van der Waals surface area contributed by atoms with Crippen LogP contribution in [-0.4, -0.2) is 59.5 Å². The fraction of sp³-hybridized carbons (Fsp3) is 0.333. The smallest absolute Gasteiger partial charge is 0.274 e. The molecular weight excluding hydrogens is 376 g/mol. The highest BCUT2D eigenvalue weighted by atomic mass is 35.5. The number of ether oxygens (including phenoxy) is 1. The van der Waals surface area contributed by atoms with E-state index in [1.165, 1.54) is 4.90 Å².